The topological polar surface area (TPSA) is 122 Å². The zero-order valence-electron chi connectivity index (χ0n) is 18.3. The summed E-state index contributed by atoms with van der Waals surface area (Å²) in [6.07, 6.45) is 3.07. The number of benzene rings is 2. The SMILES string of the molecule is CC1(C)C2CCC13C[Se](OC(=O)c1cc([N+](=O)[O-])cc([N+](=O)[O-])c1)(c1ccccc1)OC3C2. The summed E-state index contributed by atoms with van der Waals surface area (Å²) >= 11 is -3.52. The van der Waals surface area contributed by atoms with Crippen molar-refractivity contribution < 1.29 is 22.3 Å². The van der Waals surface area contributed by atoms with Crippen LogP contribution < -0.4 is 4.46 Å². The molecule has 0 N–H and O–H groups in total. The fourth-order valence-electron chi connectivity index (χ4n) is 6.00. The summed E-state index contributed by atoms with van der Waals surface area (Å²) in [6, 6.07) is 12.3. The minimum absolute atomic E-state index is 0.00120. The molecule has 2 aromatic rings. The summed E-state index contributed by atoms with van der Waals surface area (Å²) in [4.78, 5) is 34.4. The molecular weight excluding hydrogens is 495 g/mol. The zero-order valence-corrected chi connectivity index (χ0v) is 20.0. The van der Waals surface area contributed by atoms with Gasteiger partial charge in [-0.15, -0.1) is 0 Å². The standard InChI is InChI=1S/C23H24N2O7Se/c1-22(2)16-8-9-23(22)14-33(31-20(23)12-16,19-6-4-3-5-7-19)32-21(26)15-10-17(24(27)28)13-18(11-15)25(29)30/h3-7,10-11,13,16,20H,8-9,12,14H2,1-2H3. The van der Waals surface area contributed by atoms with Crippen molar-refractivity contribution in [1.29, 1.82) is 0 Å². The fraction of sp³-hybridized carbons (Fsp3) is 0.435. The second-order valence-corrected chi connectivity index (χ2v) is 14.6. The molecule has 9 nitrogen and oxygen atoms in total. The third-order valence-electron chi connectivity index (χ3n) is 7.95. The number of nitrogens with zero attached hydrogens (tertiary/aromatic N) is 2. The van der Waals surface area contributed by atoms with Gasteiger partial charge in [0.25, 0.3) is 0 Å². The monoisotopic (exact) mass is 520 g/mol. The molecule has 3 aliphatic rings. The molecule has 2 aromatic carbocycles. The number of non-ortho nitro benzene ring substituents is 2. The molecule has 3 fully saturated rings. The van der Waals surface area contributed by atoms with E-state index in [1.165, 1.54) is 0 Å². The van der Waals surface area contributed by atoms with E-state index in [-0.39, 0.29) is 22.5 Å². The van der Waals surface area contributed by atoms with Crippen LogP contribution in [-0.4, -0.2) is 35.4 Å². The first-order valence-electron chi connectivity index (χ1n) is 10.8. The molecule has 5 rings (SSSR count). The first kappa shape index (κ1) is 22.0. The third-order valence-corrected chi connectivity index (χ3v) is 13.9. The molecule has 2 bridgehead atoms. The molecule has 1 heterocycles. The van der Waals surface area contributed by atoms with Gasteiger partial charge in [0.05, 0.1) is 0 Å². The van der Waals surface area contributed by atoms with Crippen molar-refractivity contribution in [2.75, 3.05) is 0 Å². The second kappa shape index (κ2) is 7.35. The van der Waals surface area contributed by atoms with Crippen LogP contribution >= 0.6 is 0 Å². The van der Waals surface area contributed by atoms with Gasteiger partial charge in [-0.25, -0.2) is 0 Å². The van der Waals surface area contributed by atoms with E-state index in [1.807, 2.05) is 30.3 Å². The van der Waals surface area contributed by atoms with E-state index >= 15 is 0 Å². The van der Waals surface area contributed by atoms with Crippen LogP contribution in [0.4, 0.5) is 11.4 Å². The molecule has 2 aliphatic carbocycles. The van der Waals surface area contributed by atoms with Gasteiger partial charge in [0.2, 0.25) is 0 Å². The Kier molecular flexibility index (Phi) is 4.90. The predicted octanol–water partition coefficient (Wildman–Crippen LogP) is 4.23. The number of hydrogen-bond donors (Lipinski definition) is 0. The number of nitro groups is 2. The molecule has 0 amide bonds. The van der Waals surface area contributed by atoms with E-state index in [0.717, 1.165) is 41.9 Å². The molecular formula is C23H24N2O7Se. The summed E-state index contributed by atoms with van der Waals surface area (Å²) in [7, 11) is 0. The van der Waals surface area contributed by atoms with E-state index in [1.54, 1.807) is 0 Å². The van der Waals surface area contributed by atoms with Crippen molar-refractivity contribution >= 4 is 35.3 Å². The van der Waals surface area contributed by atoms with Crippen LogP contribution in [0.1, 0.15) is 43.5 Å². The molecule has 1 saturated heterocycles. The number of hydrogen-bond acceptors (Lipinski definition) is 7. The normalized spacial score (nSPS) is 33.2. The predicted molar refractivity (Wildman–Crippen MR) is 120 cm³/mol. The average Bonchev–Trinajstić information content (AvgIpc) is 3.33. The van der Waals surface area contributed by atoms with E-state index < -0.39 is 40.7 Å². The van der Waals surface area contributed by atoms with Gasteiger partial charge >= 0.3 is 193 Å². The van der Waals surface area contributed by atoms with Gasteiger partial charge in [0.15, 0.2) is 0 Å². The van der Waals surface area contributed by atoms with Crippen LogP contribution in [0.25, 0.3) is 0 Å². The molecule has 33 heavy (non-hydrogen) atoms. The maximum atomic E-state index is 13.3. The van der Waals surface area contributed by atoms with Gasteiger partial charge in [-0.05, 0) is 0 Å². The van der Waals surface area contributed by atoms with Gasteiger partial charge < -0.3 is 0 Å². The van der Waals surface area contributed by atoms with Gasteiger partial charge in [0.1, 0.15) is 0 Å². The van der Waals surface area contributed by atoms with Crippen LogP contribution in [-0.2, 0) is 7.64 Å². The number of rotatable bonds is 5. The summed E-state index contributed by atoms with van der Waals surface area (Å²) in [5.74, 6) is -0.252. The zero-order chi connectivity index (χ0) is 23.6. The summed E-state index contributed by atoms with van der Waals surface area (Å²) < 4.78 is 13.7. The molecule has 4 unspecified atom stereocenters. The van der Waals surface area contributed by atoms with Crippen molar-refractivity contribution in [3.63, 3.8) is 0 Å². The molecule has 1 aliphatic heterocycles. The van der Waals surface area contributed by atoms with Gasteiger partial charge in [-0.1, -0.05) is 0 Å². The fourth-order valence-corrected chi connectivity index (χ4v) is 13.3. The van der Waals surface area contributed by atoms with E-state index in [2.05, 4.69) is 13.8 Å². The Balaban J connectivity index is 1.55. The van der Waals surface area contributed by atoms with E-state index in [9.17, 15) is 25.0 Å². The molecule has 0 aromatic heterocycles. The Morgan fingerprint density at radius 1 is 1.09 bits per heavy atom. The number of carbonyl (C=O) groups excluding carboxylic acids is 1. The van der Waals surface area contributed by atoms with E-state index in [0.29, 0.717) is 11.2 Å². The van der Waals surface area contributed by atoms with Crippen LogP contribution in [0.5, 0.6) is 0 Å². The summed E-state index contributed by atoms with van der Waals surface area (Å²) in [5.41, 5.74) is -1.30. The first-order chi connectivity index (χ1) is 15.6. The number of fused-ring (bicyclic) bond motifs is 1. The maximum absolute atomic E-state index is 13.3. The van der Waals surface area contributed by atoms with Crippen LogP contribution in [0.2, 0.25) is 5.32 Å². The van der Waals surface area contributed by atoms with Crippen molar-refractivity contribution in [2.45, 2.75) is 44.5 Å². The van der Waals surface area contributed by atoms with E-state index in [4.69, 9.17) is 7.64 Å². The minimum atomic E-state index is -3.52. The van der Waals surface area contributed by atoms with Crippen LogP contribution in [0.3, 0.4) is 0 Å². The van der Waals surface area contributed by atoms with Crippen LogP contribution in [0, 0.1) is 37.0 Å². The van der Waals surface area contributed by atoms with Gasteiger partial charge in [-0.3, -0.25) is 0 Å². The Morgan fingerprint density at radius 2 is 1.73 bits per heavy atom. The van der Waals surface area contributed by atoms with Crippen molar-refractivity contribution in [3.05, 3.63) is 74.3 Å². The molecule has 10 heteroatoms. The van der Waals surface area contributed by atoms with Crippen molar-refractivity contribution in [3.8, 4) is 0 Å². The molecule has 4 atom stereocenters. The Bertz CT molecular complexity index is 1140. The van der Waals surface area contributed by atoms with Crippen LogP contribution in [0.15, 0.2) is 48.5 Å². The summed E-state index contributed by atoms with van der Waals surface area (Å²) in [6.45, 7) is 4.55. The Labute approximate surface area is 193 Å². The van der Waals surface area contributed by atoms with Gasteiger partial charge in [-0.2, -0.15) is 0 Å². The number of nitro benzene ring substituents is 2. The molecule has 174 valence electrons. The summed E-state index contributed by atoms with van der Waals surface area (Å²) in [5, 5.41) is 23.2. The quantitative estimate of drug-likeness (QED) is 0.329. The molecule has 0 radical (unpaired) electrons. The Morgan fingerprint density at radius 3 is 2.27 bits per heavy atom. The average molecular weight is 519 g/mol. The van der Waals surface area contributed by atoms with Crippen molar-refractivity contribution in [1.82, 2.24) is 0 Å². The van der Waals surface area contributed by atoms with Crippen molar-refractivity contribution in [2.24, 2.45) is 16.7 Å². The molecule has 2 saturated carbocycles. The Hall–Kier alpha value is -2.81. The molecule has 1 spiro atoms. The number of carbonyl (C=O) groups is 1. The second-order valence-electron chi connectivity index (χ2n) is 9.63. The first-order valence-corrected chi connectivity index (χ1v) is 14.3. The third kappa shape index (κ3) is 3.19. The van der Waals surface area contributed by atoms with Gasteiger partial charge in [0, 0.05) is 0 Å².